The summed E-state index contributed by atoms with van der Waals surface area (Å²) < 4.78 is 1.84. The van der Waals surface area contributed by atoms with Gasteiger partial charge in [0.25, 0.3) is 0 Å². The van der Waals surface area contributed by atoms with Gasteiger partial charge in [-0.3, -0.25) is 9.80 Å². The highest BCUT2D eigenvalue weighted by molar-refractivity contribution is 5.33. The van der Waals surface area contributed by atoms with Crippen LogP contribution in [-0.4, -0.2) is 62.2 Å². The second kappa shape index (κ2) is 6.54. The van der Waals surface area contributed by atoms with Crippen molar-refractivity contribution in [1.82, 2.24) is 30.0 Å². The second-order valence-electron chi connectivity index (χ2n) is 6.25. The Morgan fingerprint density at radius 2 is 1.73 bits per heavy atom. The maximum atomic E-state index is 4.21. The van der Waals surface area contributed by atoms with Gasteiger partial charge in [-0.15, -0.1) is 5.10 Å². The molecule has 0 radical (unpaired) electrons. The molecule has 0 aliphatic carbocycles. The van der Waals surface area contributed by atoms with Crippen molar-refractivity contribution in [2.24, 2.45) is 0 Å². The van der Waals surface area contributed by atoms with E-state index in [0.717, 1.165) is 44.2 Å². The van der Waals surface area contributed by atoms with Gasteiger partial charge in [0.1, 0.15) is 0 Å². The van der Waals surface area contributed by atoms with Crippen LogP contribution in [0.5, 0.6) is 0 Å². The number of rotatable bonds is 4. The summed E-state index contributed by atoms with van der Waals surface area (Å²) in [6.07, 6.45) is 0. The molecule has 0 saturated carbocycles. The maximum Gasteiger partial charge on any atom is 0.170 e. The number of aryl methyl sites for hydroxylation is 1. The van der Waals surface area contributed by atoms with Crippen LogP contribution in [0.3, 0.4) is 0 Å². The van der Waals surface area contributed by atoms with Gasteiger partial charge in [-0.25, -0.2) is 0 Å². The van der Waals surface area contributed by atoms with Crippen molar-refractivity contribution in [1.29, 1.82) is 0 Å². The Morgan fingerprint density at radius 1 is 1.05 bits per heavy atom. The lowest BCUT2D eigenvalue weighted by molar-refractivity contribution is 0.102. The van der Waals surface area contributed by atoms with E-state index < -0.39 is 0 Å². The monoisotopic (exact) mass is 300 g/mol. The fourth-order valence-electron chi connectivity index (χ4n) is 2.83. The third-order valence-corrected chi connectivity index (χ3v) is 4.31. The third kappa shape index (κ3) is 3.34. The average molecular weight is 300 g/mol. The molecule has 2 aromatic rings. The summed E-state index contributed by atoms with van der Waals surface area (Å²) in [4.78, 5) is 4.94. The van der Waals surface area contributed by atoms with Crippen molar-refractivity contribution >= 4 is 0 Å². The van der Waals surface area contributed by atoms with Crippen LogP contribution in [0.25, 0.3) is 5.69 Å². The number of aromatic nitrogens is 4. The number of piperazine rings is 1. The van der Waals surface area contributed by atoms with E-state index in [1.807, 2.05) is 4.68 Å². The molecule has 1 aliphatic heterocycles. The molecule has 3 rings (SSSR count). The van der Waals surface area contributed by atoms with E-state index >= 15 is 0 Å². The van der Waals surface area contributed by atoms with Crippen molar-refractivity contribution in [3.63, 3.8) is 0 Å². The zero-order valence-corrected chi connectivity index (χ0v) is 13.6. The van der Waals surface area contributed by atoms with Crippen LogP contribution in [-0.2, 0) is 6.54 Å². The standard InChI is InChI=1S/C16H24N6/c1-13(2)21-10-8-20(9-11-21)12-16-17-18-19-22(16)15-6-4-14(3)5-7-15/h4-7,13H,8-12H2,1-3H3. The molecule has 118 valence electrons. The number of tetrazole rings is 1. The quantitative estimate of drug-likeness (QED) is 0.856. The van der Waals surface area contributed by atoms with Gasteiger partial charge in [0, 0.05) is 32.2 Å². The number of nitrogens with zero attached hydrogens (tertiary/aromatic N) is 6. The summed E-state index contributed by atoms with van der Waals surface area (Å²) in [5, 5.41) is 12.2. The van der Waals surface area contributed by atoms with Gasteiger partial charge in [0.15, 0.2) is 5.82 Å². The Morgan fingerprint density at radius 3 is 2.36 bits per heavy atom. The van der Waals surface area contributed by atoms with E-state index in [4.69, 9.17) is 0 Å². The third-order valence-electron chi connectivity index (χ3n) is 4.31. The summed E-state index contributed by atoms with van der Waals surface area (Å²) in [7, 11) is 0. The second-order valence-corrected chi connectivity index (χ2v) is 6.25. The van der Waals surface area contributed by atoms with E-state index in [1.165, 1.54) is 5.56 Å². The number of hydrogen-bond acceptors (Lipinski definition) is 5. The molecule has 0 spiro atoms. The molecule has 1 aromatic heterocycles. The molecule has 1 aliphatic rings. The van der Waals surface area contributed by atoms with Gasteiger partial charge in [-0.05, 0) is 43.3 Å². The molecule has 1 fully saturated rings. The Hall–Kier alpha value is -1.79. The lowest BCUT2D eigenvalue weighted by Gasteiger charge is -2.36. The van der Waals surface area contributed by atoms with Gasteiger partial charge in [-0.1, -0.05) is 17.7 Å². The normalized spacial score (nSPS) is 17.3. The van der Waals surface area contributed by atoms with Crippen LogP contribution >= 0.6 is 0 Å². The van der Waals surface area contributed by atoms with Crippen molar-refractivity contribution in [3.8, 4) is 5.69 Å². The van der Waals surface area contributed by atoms with Crippen LogP contribution in [0.4, 0.5) is 0 Å². The Balaban J connectivity index is 1.67. The fraction of sp³-hybridized carbons (Fsp3) is 0.562. The van der Waals surface area contributed by atoms with Crippen molar-refractivity contribution in [2.45, 2.75) is 33.4 Å². The Bertz CT molecular complexity index is 595. The summed E-state index contributed by atoms with van der Waals surface area (Å²) >= 11 is 0. The van der Waals surface area contributed by atoms with E-state index in [0.29, 0.717) is 6.04 Å². The minimum absolute atomic E-state index is 0.625. The summed E-state index contributed by atoms with van der Waals surface area (Å²) in [6.45, 7) is 11.8. The fourth-order valence-corrected chi connectivity index (χ4v) is 2.83. The van der Waals surface area contributed by atoms with E-state index in [2.05, 4.69) is 70.4 Å². The van der Waals surface area contributed by atoms with Crippen LogP contribution in [0.1, 0.15) is 25.2 Å². The van der Waals surface area contributed by atoms with E-state index in [-0.39, 0.29) is 0 Å². The highest BCUT2D eigenvalue weighted by Gasteiger charge is 2.20. The Labute approximate surface area is 131 Å². The first-order chi connectivity index (χ1) is 10.6. The lowest BCUT2D eigenvalue weighted by Crippen LogP contribution is -2.48. The molecular formula is C16H24N6. The topological polar surface area (TPSA) is 50.1 Å². The molecular weight excluding hydrogens is 276 g/mol. The van der Waals surface area contributed by atoms with Crippen LogP contribution < -0.4 is 0 Å². The number of benzene rings is 1. The first kappa shape index (κ1) is 15.1. The van der Waals surface area contributed by atoms with Crippen LogP contribution in [0.15, 0.2) is 24.3 Å². The van der Waals surface area contributed by atoms with E-state index in [9.17, 15) is 0 Å². The summed E-state index contributed by atoms with van der Waals surface area (Å²) in [5.41, 5.74) is 2.26. The lowest BCUT2D eigenvalue weighted by atomic mass is 10.2. The first-order valence-corrected chi connectivity index (χ1v) is 7.94. The maximum absolute atomic E-state index is 4.21. The van der Waals surface area contributed by atoms with Gasteiger partial charge in [-0.2, -0.15) is 4.68 Å². The van der Waals surface area contributed by atoms with Gasteiger partial charge >= 0.3 is 0 Å². The predicted octanol–water partition coefficient (Wildman–Crippen LogP) is 1.50. The molecule has 1 aromatic carbocycles. The SMILES string of the molecule is Cc1ccc(-n2nnnc2CN2CCN(C(C)C)CC2)cc1. The van der Waals surface area contributed by atoms with Crippen molar-refractivity contribution in [3.05, 3.63) is 35.7 Å². The zero-order valence-electron chi connectivity index (χ0n) is 13.6. The van der Waals surface area contributed by atoms with Gasteiger partial charge in [0.05, 0.1) is 12.2 Å². The van der Waals surface area contributed by atoms with Crippen molar-refractivity contribution in [2.75, 3.05) is 26.2 Å². The highest BCUT2D eigenvalue weighted by Crippen LogP contribution is 2.13. The average Bonchev–Trinajstić information content (AvgIpc) is 2.97. The smallest absolute Gasteiger partial charge is 0.170 e. The molecule has 6 nitrogen and oxygen atoms in total. The summed E-state index contributed by atoms with van der Waals surface area (Å²) in [6, 6.07) is 8.92. The van der Waals surface area contributed by atoms with E-state index in [1.54, 1.807) is 0 Å². The van der Waals surface area contributed by atoms with Crippen molar-refractivity contribution < 1.29 is 0 Å². The molecule has 0 bridgehead atoms. The molecule has 0 atom stereocenters. The Kier molecular flexibility index (Phi) is 4.49. The summed E-state index contributed by atoms with van der Waals surface area (Å²) in [5.74, 6) is 0.904. The van der Waals surface area contributed by atoms with Gasteiger partial charge < -0.3 is 0 Å². The van der Waals surface area contributed by atoms with Crippen LogP contribution in [0.2, 0.25) is 0 Å². The molecule has 22 heavy (non-hydrogen) atoms. The number of hydrogen-bond donors (Lipinski definition) is 0. The van der Waals surface area contributed by atoms with Gasteiger partial charge in [0.2, 0.25) is 0 Å². The highest BCUT2D eigenvalue weighted by atomic mass is 15.5. The largest absolute Gasteiger partial charge is 0.298 e. The molecule has 2 heterocycles. The zero-order chi connectivity index (χ0) is 15.5. The molecule has 1 saturated heterocycles. The first-order valence-electron chi connectivity index (χ1n) is 7.94. The molecule has 0 amide bonds. The molecule has 6 heteroatoms. The minimum Gasteiger partial charge on any atom is -0.298 e. The predicted molar refractivity (Wildman–Crippen MR) is 85.9 cm³/mol. The molecule has 0 unspecified atom stereocenters. The minimum atomic E-state index is 0.625. The molecule has 0 N–H and O–H groups in total. The van der Waals surface area contributed by atoms with Crippen LogP contribution in [0, 0.1) is 6.92 Å².